The van der Waals surface area contributed by atoms with Crippen molar-refractivity contribution in [2.24, 2.45) is 5.73 Å². The molecule has 0 aliphatic carbocycles. The summed E-state index contributed by atoms with van der Waals surface area (Å²) in [6.07, 6.45) is 0.645. The summed E-state index contributed by atoms with van der Waals surface area (Å²) in [6, 6.07) is 4.47. The number of nitrogens with zero attached hydrogens (tertiary/aromatic N) is 3. The Morgan fingerprint density at radius 1 is 1.27 bits per heavy atom. The normalized spacial score (nSPS) is 13.8. The molecule has 1 aliphatic rings. The van der Waals surface area contributed by atoms with E-state index in [4.69, 9.17) is 5.73 Å². The highest BCUT2D eigenvalue weighted by atomic mass is 35.5. The number of rotatable bonds is 6. The average molecular weight is 386 g/mol. The van der Waals surface area contributed by atoms with Crippen LogP contribution in [0.3, 0.4) is 0 Å². The Balaban J connectivity index is 0.00000338. The smallest absolute Gasteiger partial charge is 0.293 e. The molecule has 1 saturated heterocycles. The molecular weight excluding hydrogens is 362 g/mol. The average Bonchev–Trinajstić information content (AvgIpc) is 2.61. The van der Waals surface area contributed by atoms with Crippen molar-refractivity contribution in [1.82, 2.24) is 10.2 Å². The van der Waals surface area contributed by atoms with Gasteiger partial charge < -0.3 is 20.9 Å². The van der Waals surface area contributed by atoms with E-state index in [2.05, 4.69) is 5.32 Å². The van der Waals surface area contributed by atoms with E-state index in [1.54, 1.807) is 17.0 Å². The number of carbonyl (C=O) groups excluding carboxylic acids is 2. The number of halogens is 1. The predicted octanol–water partition coefficient (Wildman–Crippen LogP) is 0.764. The third-order valence-corrected chi connectivity index (χ3v) is 4.17. The topological polar surface area (TPSA) is 122 Å². The van der Waals surface area contributed by atoms with Gasteiger partial charge in [-0.25, -0.2) is 0 Å². The fourth-order valence-electron chi connectivity index (χ4n) is 2.75. The van der Waals surface area contributed by atoms with Crippen molar-refractivity contribution in [3.05, 3.63) is 33.9 Å². The minimum atomic E-state index is -0.483. The highest BCUT2D eigenvalue weighted by Crippen LogP contribution is 2.30. The second kappa shape index (κ2) is 9.93. The summed E-state index contributed by atoms with van der Waals surface area (Å²) in [5.41, 5.74) is 5.98. The van der Waals surface area contributed by atoms with Gasteiger partial charge in [-0.2, -0.15) is 0 Å². The van der Waals surface area contributed by atoms with Gasteiger partial charge in [0.1, 0.15) is 5.69 Å². The van der Waals surface area contributed by atoms with Gasteiger partial charge in [-0.1, -0.05) is 0 Å². The second-order valence-electron chi connectivity index (χ2n) is 5.85. The minimum absolute atomic E-state index is 0. The molecule has 0 spiro atoms. The van der Waals surface area contributed by atoms with Crippen LogP contribution in [0.25, 0.3) is 0 Å². The van der Waals surface area contributed by atoms with E-state index < -0.39 is 4.92 Å². The fraction of sp³-hybridized carbons (Fsp3) is 0.500. The Labute approximate surface area is 158 Å². The Morgan fingerprint density at radius 2 is 1.92 bits per heavy atom. The molecule has 144 valence electrons. The van der Waals surface area contributed by atoms with Crippen molar-refractivity contribution in [2.75, 3.05) is 44.2 Å². The first kappa shape index (κ1) is 21.7. The molecule has 1 fully saturated rings. The Hall–Kier alpha value is -2.39. The molecule has 0 aromatic heterocycles. The van der Waals surface area contributed by atoms with Crippen LogP contribution in [-0.2, 0) is 4.79 Å². The number of benzene rings is 1. The lowest BCUT2D eigenvalue weighted by molar-refractivity contribution is -0.384. The summed E-state index contributed by atoms with van der Waals surface area (Å²) >= 11 is 0. The summed E-state index contributed by atoms with van der Waals surface area (Å²) < 4.78 is 0. The van der Waals surface area contributed by atoms with Crippen LogP contribution in [0.4, 0.5) is 11.4 Å². The summed E-state index contributed by atoms with van der Waals surface area (Å²) in [5.74, 6) is -0.358. The number of nitrogens with one attached hydrogen (secondary N) is 1. The fourth-order valence-corrected chi connectivity index (χ4v) is 2.75. The quantitative estimate of drug-likeness (QED) is 0.423. The molecule has 0 radical (unpaired) electrons. The molecule has 0 saturated carbocycles. The Kier molecular flexibility index (Phi) is 8.27. The highest BCUT2D eigenvalue weighted by molar-refractivity contribution is 5.95. The molecule has 9 nitrogen and oxygen atoms in total. The van der Waals surface area contributed by atoms with Gasteiger partial charge in [0, 0.05) is 51.3 Å². The minimum Gasteiger partial charge on any atom is -0.362 e. The first-order valence-corrected chi connectivity index (χ1v) is 8.21. The van der Waals surface area contributed by atoms with Crippen molar-refractivity contribution < 1.29 is 14.5 Å². The van der Waals surface area contributed by atoms with Gasteiger partial charge in [-0.05, 0) is 25.1 Å². The molecule has 1 aromatic carbocycles. The first-order valence-electron chi connectivity index (χ1n) is 8.21. The van der Waals surface area contributed by atoms with Gasteiger partial charge in [-0.15, -0.1) is 12.4 Å². The number of piperazine rings is 1. The van der Waals surface area contributed by atoms with Crippen LogP contribution in [0, 0.1) is 10.1 Å². The van der Waals surface area contributed by atoms with Crippen LogP contribution >= 0.6 is 12.4 Å². The number of anilines is 1. The number of nitro groups is 1. The number of nitro benzene ring substituents is 1. The largest absolute Gasteiger partial charge is 0.362 e. The van der Waals surface area contributed by atoms with Crippen molar-refractivity contribution in [2.45, 2.75) is 13.3 Å². The molecule has 1 aliphatic heterocycles. The zero-order valence-electron chi connectivity index (χ0n) is 14.6. The number of carbonyl (C=O) groups is 2. The van der Waals surface area contributed by atoms with Crippen LogP contribution in [0.1, 0.15) is 23.7 Å². The molecular formula is C16H24ClN5O4. The van der Waals surface area contributed by atoms with Gasteiger partial charge in [-0.3, -0.25) is 19.7 Å². The van der Waals surface area contributed by atoms with Gasteiger partial charge in [0.25, 0.3) is 11.6 Å². The van der Waals surface area contributed by atoms with E-state index in [0.717, 1.165) is 0 Å². The standard InChI is InChI=1S/C16H23N5O4.ClH/c1-12(22)19-7-9-20(10-8-19)14-4-3-13(11-15(14)21(24)25)16(23)18-6-2-5-17;/h3-4,11H,2,5-10,17H2,1H3,(H,18,23);1H. The highest BCUT2D eigenvalue weighted by Gasteiger charge is 2.25. The van der Waals surface area contributed by atoms with Crippen molar-refractivity contribution in [3.63, 3.8) is 0 Å². The van der Waals surface area contributed by atoms with E-state index >= 15 is 0 Å². The molecule has 10 heteroatoms. The van der Waals surface area contributed by atoms with Crippen molar-refractivity contribution in [1.29, 1.82) is 0 Å². The van der Waals surface area contributed by atoms with E-state index in [1.165, 1.54) is 13.0 Å². The van der Waals surface area contributed by atoms with E-state index in [9.17, 15) is 19.7 Å². The maximum atomic E-state index is 12.1. The Bertz CT molecular complexity index is 662. The lowest BCUT2D eigenvalue weighted by atomic mass is 10.1. The van der Waals surface area contributed by atoms with Crippen LogP contribution in [0.5, 0.6) is 0 Å². The predicted molar refractivity (Wildman–Crippen MR) is 101 cm³/mol. The monoisotopic (exact) mass is 385 g/mol. The molecule has 0 bridgehead atoms. The third-order valence-electron chi connectivity index (χ3n) is 4.17. The third kappa shape index (κ3) is 5.30. The number of hydrogen-bond donors (Lipinski definition) is 2. The number of hydrogen-bond acceptors (Lipinski definition) is 6. The van der Waals surface area contributed by atoms with Crippen LogP contribution < -0.4 is 16.0 Å². The SMILES string of the molecule is CC(=O)N1CCN(c2ccc(C(=O)NCCCN)cc2[N+](=O)[O-])CC1.Cl. The lowest BCUT2D eigenvalue weighted by Gasteiger charge is -2.35. The van der Waals surface area contributed by atoms with Crippen molar-refractivity contribution in [3.8, 4) is 0 Å². The molecule has 2 rings (SSSR count). The van der Waals surface area contributed by atoms with Gasteiger partial charge in [0.15, 0.2) is 0 Å². The summed E-state index contributed by atoms with van der Waals surface area (Å²) in [7, 11) is 0. The van der Waals surface area contributed by atoms with Crippen LogP contribution in [-0.4, -0.2) is 60.9 Å². The van der Waals surface area contributed by atoms with E-state index in [-0.39, 0.29) is 35.5 Å². The van der Waals surface area contributed by atoms with E-state index in [1.807, 2.05) is 4.90 Å². The van der Waals surface area contributed by atoms with Gasteiger partial charge in [0.2, 0.25) is 5.91 Å². The van der Waals surface area contributed by atoms with Gasteiger partial charge >= 0.3 is 0 Å². The molecule has 1 heterocycles. The van der Waals surface area contributed by atoms with E-state index in [0.29, 0.717) is 51.4 Å². The van der Waals surface area contributed by atoms with Crippen molar-refractivity contribution >= 4 is 35.6 Å². The molecule has 2 amide bonds. The van der Waals surface area contributed by atoms with Crippen LogP contribution in [0.15, 0.2) is 18.2 Å². The number of nitrogens with two attached hydrogens (primary N) is 1. The molecule has 0 atom stereocenters. The second-order valence-corrected chi connectivity index (χ2v) is 5.85. The Morgan fingerprint density at radius 3 is 2.46 bits per heavy atom. The zero-order valence-corrected chi connectivity index (χ0v) is 15.5. The number of amides is 2. The summed E-state index contributed by atoms with van der Waals surface area (Å²) in [4.78, 5) is 38.0. The molecule has 3 N–H and O–H groups in total. The maximum Gasteiger partial charge on any atom is 0.293 e. The molecule has 0 unspecified atom stereocenters. The zero-order chi connectivity index (χ0) is 18.4. The summed E-state index contributed by atoms with van der Waals surface area (Å²) in [6.45, 7) is 4.48. The maximum absolute atomic E-state index is 12.1. The van der Waals surface area contributed by atoms with Gasteiger partial charge in [0.05, 0.1) is 4.92 Å². The molecule has 26 heavy (non-hydrogen) atoms. The lowest BCUT2D eigenvalue weighted by Crippen LogP contribution is -2.48. The molecule has 1 aromatic rings. The first-order chi connectivity index (χ1) is 11.9. The summed E-state index contributed by atoms with van der Waals surface area (Å²) in [5, 5.41) is 14.1. The van der Waals surface area contributed by atoms with Crippen LogP contribution in [0.2, 0.25) is 0 Å².